The molecule has 0 N–H and O–H groups in total. The lowest BCUT2D eigenvalue weighted by atomic mass is 9.77. The van der Waals surface area contributed by atoms with Crippen LogP contribution >= 0.6 is 0 Å². The molecule has 0 amide bonds. The Labute approximate surface area is 114 Å². The summed E-state index contributed by atoms with van der Waals surface area (Å²) in [7, 11) is 0. The predicted octanol–water partition coefficient (Wildman–Crippen LogP) is 6.12. The Morgan fingerprint density at radius 3 is 2.11 bits per heavy atom. The standard InChI is InChI=1S/C18H32/c1-3-15-5-9-17(10-6-15)13-14-18-11-7-16(4-2)8-12-18/h5,16-18H,3-4,6-14H2,1-2H3. The van der Waals surface area contributed by atoms with Crippen LogP contribution in [-0.2, 0) is 0 Å². The molecule has 0 nitrogen and oxygen atoms in total. The number of hydrogen-bond acceptors (Lipinski definition) is 0. The topological polar surface area (TPSA) is 0 Å². The van der Waals surface area contributed by atoms with Gasteiger partial charge in [0.1, 0.15) is 0 Å². The first-order valence-electron chi connectivity index (χ1n) is 8.49. The van der Waals surface area contributed by atoms with E-state index in [2.05, 4.69) is 19.9 Å². The van der Waals surface area contributed by atoms with Crippen molar-refractivity contribution in [1.29, 1.82) is 0 Å². The van der Waals surface area contributed by atoms with Crippen LogP contribution in [0.4, 0.5) is 0 Å². The Morgan fingerprint density at radius 1 is 0.889 bits per heavy atom. The average Bonchev–Trinajstić information content (AvgIpc) is 2.46. The first kappa shape index (κ1) is 14.2. The maximum absolute atomic E-state index is 2.54. The molecule has 0 spiro atoms. The summed E-state index contributed by atoms with van der Waals surface area (Å²) in [4.78, 5) is 0. The third-order valence-electron chi connectivity index (χ3n) is 5.59. The molecule has 1 fully saturated rings. The molecule has 2 aliphatic carbocycles. The highest BCUT2D eigenvalue weighted by Crippen LogP contribution is 2.36. The van der Waals surface area contributed by atoms with Gasteiger partial charge >= 0.3 is 0 Å². The van der Waals surface area contributed by atoms with E-state index >= 15 is 0 Å². The zero-order valence-corrected chi connectivity index (χ0v) is 12.6. The minimum absolute atomic E-state index is 1.02. The molecule has 0 saturated heterocycles. The summed E-state index contributed by atoms with van der Waals surface area (Å²) in [6, 6.07) is 0. The second-order valence-electron chi connectivity index (χ2n) is 6.73. The minimum Gasteiger partial charge on any atom is -0.0851 e. The smallest absolute Gasteiger partial charge is 0.0318 e. The van der Waals surface area contributed by atoms with E-state index in [4.69, 9.17) is 0 Å². The maximum Gasteiger partial charge on any atom is -0.0318 e. The van der Waals surface area contributed by atoms with Crippen molar-refractivity contribution in [1.82, 2.24) is 0 Å². The Kier molecular flexibility index (Phi) is 5.79. The lowest BCUT2D eigenvalue weighted by Gasteiger charge is -2.29. The molecule has 104 valence electrons. The second-order valence-corrected chi connectivity index (χ2v) is 6.73. The summed E-state index contributed by atoms with van der Waals surface area (Å²) in [5.74, 6) is 3.15. The molecular weight excluding hydrogens is 216 g/mol. The Hall–Kier alpha value is -0.260. The highest BCUT2D eigenvalue weighted by Gasteiger charge is 2.21. The molecule has 2 rings (SSSR count). The molecule has 0 heteroatoms. The third kappa shape index (κ3) is 4.14. The van der Waals surface area contributed by atoms with E-state index in [9.17, 15) is 0 Å². The Balaban J connectivity index is 1.63. The lowest BCUT2D eigenvalue weighted by molar-refractivity contribution is 0.241. The summed E-state index contributed by atoms with van der Waals surface area (Å²) < 4.78 is 0. The summed E-state index contributed by atoms with van der Waals surface area (Å²) >= 11 is 0. The molecule has 1 saturated carbocycles. The first-order chi connectivity index (χ1) is 8.81. The van der Waals surface area contributed by atoms with Crippen molar-refractivity contribution in [2.75, 3.05) is 0 Å². The highest BCUT2D eigenvalue weighted by molar-refractivity contribution is 5.05. The van der Waals surface area contributed by atoms with Gasteiger partial charge in [-0.2, -0.15) is 0 Å². The molecule has 0 aromatic heterocycles. The van der Waals surface area contributed by atoms with Crippen LogP contribution in [-0.4, -0.2) is 0 Å². The quantitative estimate of drug-likeness (QED) is 0.514. The number of rotatable bonds is 5. The fourth-order valence-corrected chi connectivity index (χ4v) is 3.93. The Morgan fingerprint density at radius 2 is 1.56 bits per heavy atom. The second kappa shape index (κ2) is 7.36. The fraction of sp³-hybridized carbons (Fsp3) is 0.889. The SMILES string of the molecule is CCC1=CCC(CCC2CCC(CC)CC2)CC1. The summed E-state index contributed by atoms with van der Waals surface area (Å²) in [5, 5.41) is 0. The molecule has 18 heavy (non-hydrogen) atoms. The van der Waals surface area contributed by atoms with E-state index < -0.39 is 0 Å². The van der Waals surface area contributed by atoms with Gasteiger partial charge in [-0.3, -0.25) is 0 Å². The zero-order chi connectivity index (χ0) is 12.8. The van der Waals surface area contributed by atoms with Crippen molar-refractivity contribution in [3.8, 4) is 0 Å². The third-order valence-corrected chi connectivity index (χ3v) is 5.59. The first-order valence-corrected chi connectivity index (χ1v) is 8.49. The van der Waals surface area contributed by atoms with E-state index in [1.807, 2.05) is 0 Å². The monoisotopic (exact) mass is 248 g/mol. The van der Waals surface area contributed by atoms with Crippen LogP contribution in [0.1, 0.15) is 84.5 Å². The largest absolute Gasteiger partial charge is 0.0851 e. The summed E-state index contributed by atoms with van der Waals surface area (Å²) in [5.41, 5.74) is 1.72. The highest BCUT2D eigenvalue weighted by atomic mass is 14.3. The van der Waals surface area contributed by atoms with Gasteiger partial charge in [0.15, 0.2) is 0 Å². The molecule has 0 aromatic carbocycles. The van der Waals surface area contributed by atoms with Gasteiger partial charge in [-0.05, 0) is 49.9 Å². The predicted molar refractivity (Wildman–Crippen MR) is 80.7 cm³/mol. The van der Waals surface area contributed by atoms with Crippen molar-refractivity contribution >= 4 is 0 Å². The van der Waals surface area contributed by atoms with Crippen molar-refractivity contribution in [2.24, 2.45) is 17.8 Å². The minimum atomic E-state index is 1.02. The van der Waals surface area contributed by atoms with Gasteiger partial charge in [0, 0.05) is 0 Å². The van der Waals surface area contributed by atoms with Crippen LogP contribution in [0.2, 0.25) is 0 Å². The van der Waals surface area contributed by atoms with Crippen LogP contribution in [0.5, 0.6) is 0 Å². The van der Waals surface area contributed by atoms with E-state index in [-0.39, 0.29) is 0 Å². The maximum atomic E-state index is 2.54. The average molecular weight is 248 g/mol. The molecule has 0 heterocycles. The van der Waals surface area contributed by atoms with Crippen molar-refractivity contribution in [3.05, 3.63) is 11.6 Å². The van der Waals surface area contributed by atoms with Crippen LogP contribution in [0.25, 0.3) is 0 Å². The van der Waals surface area contributed by atoms with Gasteiger partial charge < -0.3 is 0 Å². The summed E-state index contributed by atoms with van der Waals surface area (Å²) in [6.45, 7) is 4.67. The van der Waals surface area contributed by atoms with Gasteiger partial charge in [0.05, 0.1) is 0 Å². The zero-order valence-electron chi connectivity index (χ0n) is 12.6. The van der Waals surface area contributed by atoms with Crippen LogP contribution in [0.3, 0.4) is 0 Å². The van der Waals surface area contributed by atoms with Crippen LogP contribution in [0.15, 0.2) is 11.6 Å². The van der Waals surface area contributed by atoms with Crippen molar-refractivity contribution in [2.45, 2.75) is 84.5 Å². The van der Waals surface area contributed by atoms with E-state index in [1.54, 1.807) is 5.57 Å². The van der Waals surface area contributed by atoms with Gasteiger partial charge in [-0.25, -0.2) is 0 Å². The van der Waals surface area contributed by atoms with E-state index in [0.29, 0.717) is 0 Å². The van der Waals surface area contributed by atoms with E-state index in [1.165, 1.54) is 70.6 Å². The van der Waals surface area contributed by atoms with Gasteiger partial charge in [0.2, 0.25) is 0 Å². The molecule has 1 unspecified atom stereocenters. The molecule has 1 atom stereocenters. The molecule has 0 radical (unpaired) electrons. The van der Waals surface area contributed by atoms with Crippen molar-refractivity contribution < 1.29 is 0 Å². The van der Waals surface area contributed by atoms with Crippen LogP contribution < -0.4 is 0 Å². The van der Waals surface area contributed by atoms with Crippen molar-refractivity contribution in [3.63, 3.8) is 0 Å². The van der Waals surface area contributed by atoms with E-state index in [0.717, 1.165) is 17.8 Å². The molecule has 0 aromatic rings. The Bertz CT molecular complexity index is 255. The normalized spacial score (nSPS) is 33.2. The molecular formula is C18H32. The molecule has 0 aliphatic heterocycles. The molecule has 2 aliphatic rings. The van der Waals surface area contributed by atoms with Crippen LogP contribution in [0, 0.1) is 17.8 Å². The lowest BCUT2D eigenvalue weighted by Crippen LogP contribution is -2.15. The fourth-order valence-electron chi connectivity index (χ4n) is 3.93. The number of allylic oxidation sites excluding steroid dienone is 2. The molecule has 0 bridgehead atoms. The van der Waals surface area contributed by atoms with Gasteiger partial charge in [-0.1, -0.05) is 64.0 Å². The van der Waals surface area contributed by atoms with Gasteiger partial charge in [-0.15, -0.1) is 0 Å². The summed E-state index contributed by atoms with van der Waals surface area (Å²) in [6.07, 6.45) is 18.6. The number of hydrogen-bond donors (Lipinski definition) is 0. The van der Waals surface area contributed by atoms with Gasteiger partial charge in [0.25, 0.3) is 0 Å².